The summed E-state index contributed by atoms with van der Waals surface area (Å²) in [6.45, 7) is 3.54. The largest absolute Gasteiger partial charge is 0.294 e. The summed E-state index contributed by atoms with van der Waals surface area (Å²) in [7, 11) is 0. The molecule has 0 amide bonds. The van der Waals surface area contributed by atoms with Gasteiger partial charge in [-0.25, -0.2) is 0 Å². The quantitative estimate of drug-likeness (QED) is 0.533. The molecule has 1 heterocycles. The van der Waals surface area contributed by atoms with Crippen LogP contribution in [0.15, 0.2) is 34.5 Å². The van der Waals surface area contributed by atoms with Gasteiger partial charge >= 0.3 is 0 Å². The molecule has 0 saturated carbocycles. The standard InChI is InChI=1S/C13H11ClN2O2/c1-12(2)10-9(17)7-5-3-4-6-8(7)11(18)13(10,14)16-15-12/h3-6,10H,1-2H3/t10-,13+/m0/s1. The Balaban J connectivity index is 2.28. The summed E-state index contributed by atoms with van der Waals surface area (Å²) in [5.74, 6) is -1.22. The summed E-state index contributed by atoms with van der Waals surface area (Å²) in [5, 5.41) is 7.91. The number of nitrogens with zero attached hydrogens (tertiary/aromatic N) is 2. The maximum absolute atomic E-state index is 12.5. The average Bonchev–Trinajstić information content (AvgIpc) is 2.59. The molecule has 0 fully saturated rings. The van der Waals surface area contributed by atoms with Crippen LogP contribution in [0.2, 0.25) is 0 Å². The van der Waals surface area contributed by atoms with E-state index in [9.17, 15) is 9.59 Å². The molecule has 0 bridgehead atoms. The molecule has 1 aromatic carbocycles. The Bertz CT molecular complexity index is 609. The van der Waals surface area contributed by atoms with E-state index in [-0.39, 0.29) is 11.6 Å². The van der Waals surface area contributed by atoms with Crippen molar-refractivity contribution in [1.29, 1.82) is 0 Å². The molecule has 92 valence electrons. The summed E-state index contributed by atoms with van der Waals surface area (Å²) < 4.78 is 0. The molecule has 0 unspecified atom stereocenters. The Morgan fingerprint density at radius 1 is 1.11 bits per heavy atom. The molecule has 1 aliphatic carbocycles. The third kappa shape index (κ3) is 1.21. The van der Waals surface area contributed by atoms with Crippen molar-refractivity contribution < 1.29 is 9.59 Å². The topological polar surface area (TPSA) is 58.9 Å². The number of hydrogen-bond acceptors (Lipinski definition) is 4. The summed E-state index contributed by atoms with van der Waals surface area (Å²) in [4.78, 5) is 23.4. The molecule has 0 N–H and O–H groups in total. The van der Waals surface area contributed by atoms with Gasteiger partial charge in [0.05, 0.1) is 11.5 Å². The first kappa shape index (κ1) is 11.5. The molecule has 1 aromatic rings. The Kier molecular flexibility index (Phi) is 2.09. The summed E-state index contributed by atoms with van der Waals surface area (Å²) >= 11 is 6.30. The lowest BCUT2D eigenvalue weighted by Crippen LogP contribution is -2.51. The second kappa shape index (κ2) is 3.26. The monoisotopic (exact) mass is 262 g/mol. The minimum atomic E-state index is -1.56. The molecule has 0 radical (unpaired) electrons. The summed E-state index contributed by atoms with van der Waals surface area (Å²) in [6.07, 6.45) is 0. The second-order valence-electron chi connectivity index (χ2n) is 5.20. The molecule has 18 heavy (non-hydrogen) atoms. The minimum absolute atomic E-state index is 0.157. The first-order valence-electron chi connectivity index (χ1n) is 5.69. The molecule has 4 nitrogen and oxygen atoms in total. The molecule has 1 aliphatic heterocycles. The molecular formula is C13H11ClN2O2. The van der Waals surface area contributed by atoms with Crippen LogP contribution in [-0.4, -0.2) is 22.1 Å². The Morgan fingerprint density at radius 2 is 1.72 bits per heavy atom. The van der Waals surface area contributed by atoms with E-state index in [4.69, 9.17) is 11.6 Å². The van der Waals surface area contributed by atoms with E-state index in [0.29, 0.717) is 11.1 Å². The van der Waals surface area contributed by atoms with E-state index in [1.807, 2.05) is 0 Å². The third-order valence-corrected chi connectivity index (χ3v) is 4.03. The maximum atomic E-state index is 12.5. The van der Waals surface area contributed by atoms with Gasteiger partial charge in [0.2, 0.25) is 10.8 Å². The number of carbonyl (C=O) groups is 2. The lowest BCUT2D eigenvalue weighted by Gasteiger charge is -2.34. The van der Waals surface area contributed by atoms with Gasteiger partial charge in [-0.2, -0.15) is 10.2 Å². The number of halogens is 1. The molecule has 3 rings (SSSR count). The number of hydrogen-bond donors (Lipinski definition) is 0. The van der Waals surface area contributed by atoms with Gasteiger partial charge in [0, 0.05) is 11.1 Å². The lowest BCUT2D eigenvalue weighted by atomic mass is 9.71. The van der Waals surface area contributed by atoms with Gasteiger partial charge in [-0.1, -0.05) is 35.9 Å². The summed E-state index contributed by atoms with van der Waals surface area (Å²) in [5.41, 5.74) is 0.0109. The molecular weight excluding hydrogens is 252 g/mol. The highest BCUT2D eigenvalue weighted by Crippen LogP contribution is 2.50. The number of Topliss-reactive ketones (excluding diaryl/α,β-unsaturated/α-hetero) is 2. The van der Waals surface area contributed by atoms with Gasteiger partial charge in [0.25, 0.3) is 0 Å². The fourth-order valence-electron chi connectivity index (χ4n) is 2.70. The van der Waals surface area contributed by atoms with Crippen molar-refractivity contribution in [2.45, 2.75) is 24.4 Å². The first-order chi connectivity index (χ1) is 8.38. The van der Waals surface area contributed by atoms with E-state index < -0.39 is 16.5 Å². The van der Waals surface area contributed by atoms with Crippen molar-refractivity contribution in [1.82, 2.24) is 0 Å². The van der Waals surface area contributed by atoms with Crippen molar-refractivity contribution in [3.63, 3.8) is 0 Å². The van der Waals surface area contributed by atoms with Crippen molar-refractivity contribution in [2.24, 2.45) is 16.1 Å². The number of rotatable bonds is 0. The van der Waals surface area contributed by atoms with Gasteiger partial charge in [0.1, 0.15) is 0 Å². The highest BCUT2D eigenvalue weighted by atomic mass is 35.5. The second-order valence-corrected chi connectivity index (χ2v) is 5.78. The van der Waals surface area contributed by atoms with Gasteiger partial charge in [0.15, 0.2) is 5.78 Å². The van der Waals surface area contributed by atoms with Crippen LogP contribution in [0.5, 0.6) is 0 Å². The van der Waals surface area contributed by atoms with E-state index in [2.05, 4.69) is 10.2 Å². The Morgan fingerprint density at radius 3 is 2.39 bits per heavy atom. The number of benzene rings is 1. The number of fused-ring (bicyclic) bond motifs is 2. The maximum Gasteiger partial charge on any atom is 0.229 e. The molecule has 0 saturated heterocycles. The number of ketones is 2. The zero-order valence-corrected chi connectivity index (χ0v) is 10.7. The Labute approximate surface area is 109 Å². The van der Waals surface area contributed by atoms with Crippen LogP contribution in [0, 0.1) is 5.92 Å². The predicted octanol–water partition coefficient (Wildman–Crippen LogP) is 2.86. The van der Waals surface area contributed by atoms with Crippen LogP contribution >= 0.6 is 11.6 Å². The fourth-order valence-corrected chi connectivity index (χ4v) is 3.20. The van der Waals surface area contributed by atoms with Crippen LogP contribution in [0.1, 0.15) is 34.6 Å². The normalized spacial score (nSPS) is 32.3. The van der Waals surface area contributed by atoms with Crippen LogP contribution in [-0.2, 0) is 0 Å². The zero-order chi connectivity index (χ0) is 13.1. The number of azo groups is 1. The number of alkyl halides is 1. The average molecular weight is 263 g/mol. The number of carbonyl (C=O) groups excluding carboxylic acids is 2. The SMILES string of the molecule is CC1(C)N=N[C@@]2(Cl)C(=O)c3ccccc3C(=O)[C@@H]12. The smallest absolute Gasteiger partial charge is 0.229 e. The van der Waals surface area contributed by atoms with Gasteiger partial charge in [-0.05, 0) is 13.8 Å². The third-order valence-electron chi connectivity index (χ3n) is 3.56. The van der Waals surface area contributed by atoms with E-state index in [1.165, 1.54) is 0 Å². The Hall–Kier alpha value is -1.55. The predicted molar refractivity (Wildman–Crippen MR) is 66.1 cm³/mol. The molecule has 0 spiro atoms. The van der Waals surface area contributed by atoms with E-state index >= 15 is 0 Å². The van der Waals surface area contributed by atoms with Crippen LogP contribution < -0.4 is 0 Å². The van der Waals surface area contributed by atoms with Gasteiger partial charge in [-0.15, -0.1) is 0 Å². The first-order valence-corrected chi connectivity index (χ1v) is 6.07. The molecule has 2 aliphatic rings. The molecule has 2 atom stereocenters. The van der Waals surface area contributed by atoms with Gasteiger partial charge < -0.3 is 0 Å². The van der Waals surface area contributed by atoms with Crippen molar-refractivity contribution in [3.8, 4) is 0 Å². The van der Waals surface area contributed by atoms with Crippen LogP contribution in [0.25, 0.3) is 0 Å². The lowest BCUT2D eigenvalue weighted by molar-refractivity contribution is 0.0742. The zero-order valence-electron chi connectivity index (χ0n) is 9.98. The highest BCUT2D eigenvalue weighted by molar-refractivity contribution is 6.42. The van der Waals surface area contributed by atoms with Crippen molar-refractivity contribution >= 4 is 23.2 Å². The van der Waals surface area contributed by atoms with Crippen LogP contribution in [0.4, 0.5) is 0 Å². The fraction of sp³-hybridized carbons (Fsp3) is 0.385. The summed E-state index contributed by atoms with van der Waals surface area (Å²) in [6, 6.07) is 6.71. The van der Waals surface area contributed by atoms with E-state index in [0.717, 1.165) is 0 Å². The van der Waals surface area contributed by atoms with Crippen LogP contribution in [0.3, 0.4) is 0 Å². The van der Waals surface area contributed by atoms with Gasteiger partial charge in [-0.3, -0.25) is 9.59 Å². The van der Waals surface area contributed by atoms with Crippen molar-refractivity contribution in [3.05, 3.63) is 35.4 Å². The van der Waals surface area contributed by atoms with Crippen molar-refractivity contribution in [2.75, 3.05) is 0 Å². The minimum Gasteiger partial charge on any atom is -0.294 e. The molecule has 5 heteroatoms. The van der Waals surface area contributed by atoms with E-state index in [1.54, 1.807) is 38.1 Å². The molecule has 0 aromatic heterocycles. The highest BCUT2D eigenvalue weighted by Gasteiger charge is 2.62.